The molecule has 4 heteroatoms. The van der Waals surface area contributed by atoms with E-state index in [9.17, 15) is 9.90 Å². The first-order valence-electron chi connectivity index (χ1n) is 6.80. The normalized spacial score (nSPS) is 28.7. The van der Waals surface area contributed by atoms with Gasteiger partial charge in [0.15, 0.2) is 0 Å². The summed E-state index contributed by atoms with van der Waals surface area (Å²) in [6, 6.07) is 9.70. The van der Waals surface area contributed by atoms with Crippen molar-refractivity contribution in [3.8, 4) is 0 Å². The Hall–Kier alpha value is -1.55. The van der Waals surface area contributed by atoms with E-state index in [1.165, 1.54) is 0 Å². The Bertz CT molecular complexity index is 462. The fourth-order valence-electron chi connectivity index (χ4n) is 3.05. The van der Waals surface area contributed by atoms with Gasteiger partial charge >= 0.3 is 6.09 Å². The van der Waals surface area contributed by atoms with E-state index in [2.05, 4.69) is 0 Å². The molecule has 1 aliphatic heterocycles. The molecule has 3 rings (SSSR count). The quantitative estimate of drug-likeness (QED) is 0.905. The molecule has 2 fully saturated rings. The molecule has 2 atom stereocenters. The standard InChI is InChI=1S/C15H19NO3/c17-9-13-8-15(13)6-7-16(11-15)14(18)19-10-12-4-2-1-3-5-12/h1-5,13,17H,6-11H2/t13-,15-/m1/s1. The highest BCUT2D eigenvalue weighted by Gasteiger charge is 2.57. The Morgan fingerprint density at radius 1 is 1.42 bits per heavy atom. The van der Waals surface area contributed by atoms with Crippen LogP contribution in [0.2, 0.25) is 0 Å². The highest BCUT2D eigenvalue weighted by atomic mass is 16.6. The average molecular weight is 261 g/mol. The van der Waals surface area contributed by atoms with E-state index in [1.807, 2.05) is 30.3 Å². The summed E-state index contributed by atoms with van der Waals surface area (Å²) < 4.78 is 5.33. The van der Waals surface area contributed by atoms with Gasteiger partial charge in [0.1, 0.15) is 6.61 Å². The van der Waals surface area contributed by atoms with Crippen molar-refractivity contribution in [1.82, 2.24) is 4.90 Å². The van der Waals surface area contributed by atoms with Gasteiger partial charge in [0.2, 0.25) is 0 Å². The number of rotatable bonds is 3. The van der Waals surface area contributed by atoms with E-state index in [0.717, 1.165) is 31.5 Å². The number of aliphatic hydroxyl groups excluding tert-OH is 1. The Morgan fingerprint density at radius 3 is 2.89 bits per heavy atom. The molecule has 1 aromatic carbocycles. The minimum atomic E-state index is -0.232. The fourth-order valence-corrected chi connectivity index (χ4v) is 3.05. The Morgan fingerprint density at radius 2 is 2.21 bits per heavy atom. The van der Waals surface area contributed by atoms with Crippen LogP contribution in [-0.4, -0.2) is 35.8 Å². The molecular weight excluding hydrogens is 242 g/mol. The first-order chi connectivity index (χ1) is 9.23. The van der Waals surface area contributed by atoms with Crippen molar-refractivity contribution in [2.45, 2.75) is 19.4 Å². The van der Waals surface area contributed by atoms with Crippen molar-refractivity contribution in [3.63, 3.8) is 0 Å². The third kappa shape index (κ3) is 2.45. The van der Waals surface area contributed by atoms with Gasteiger partial charge in [0, 0.05) is 19.7 Å². The lowest BCUT2D eigenvalue weighted by Gasteiger charge is -2.16. The molecule has 1 heterocycles. The number of hydrogen-bond donors (Lipinski definition) is 1. The first kappa shape index (κ1) is 12.5. The molecule has 1 amide bonds. The van der Waals surface area contributed by atoms with E-state index in [1.54, 1.807) is 4.90 Å². The second kappa shape index (κ2) is 4.85. The first-order valence-corrected chi connectivity index (χ1v) is 6.80. The lowest BCUT2D eigenvalue weighted by molar-refractivity contribution is 0.102. The smallest absolute Gasteiger partial charge is 0.410 e. The maximum Gasteiger partial charge on any atom is 0.410 e. The summed E-state index contributed by atoms with van der Waals surface area (Å²) in [6.07, 6.45) is 1.81. The highest BCUT2D eigenvalue weighted by molar-refractivity contribution is 5.68. The molecule has 0 radical (unpaired) electrons. The average Bonchev–Trinajstić information content (AvgIpc) is 2.96. The van der Waals surface area contributed by atoms with E-state index < -0.39 is 0 Å². The van der Waals surface area contributed by atoms with Gasteiger partial charge in [-0.3, -0.25) is 0 Å². The largest absolute Gasteiger partial charge is 0.445 e. The molecule has 1 aliphatic carbocycles. The van der Waals surface area contributed by atoms with E-state index in [4.69, 9.17) is 4.74 Å². The van der Waals surface area contributed by atoms with Crippen LogP contribution in [0.1, 0.15) is 18.4 Å². The summed E-state index contributed by atoms with van der Waals surface area (Å²) in [4.78, 5) is 13.7. The van der Waals surface area contributed by atoms with Gasteiger partial charge in [-0.25, -0.2) is 4.79 Å². The van der Waals surface area contributed by atoms with Crippen molar-refractivity contribution in [2.24, 2.45) is 11.3 Å². The lowest BCUT2D eigenvalue weighted by atomic mass is 10.0. The second-order valence-electron chi connectivity index (χ2n) is 5.66. The maximum atomic E-state index is 12.0. The monoisotopic (exact) mass is 261 g/mol. The van der Waals surface area contributed by atoms with Gasteiger partial charge in [0.25, 0.3) is 0 Å². The zero-order valence-electron chi connectivity index (χ0n) is 10.9. The molecule has 1 aromatic rings. The van der Waals surface area contributed by atoms with E-state index >= 15 is 0 Å². The minimum Gasteiger partial charge on any atom is -0.445 e. The summed E-state index contributed by atoms with van der Waals surface area (Å²) in [5.41, 5.74) is 1.20. The van der Waals surface area contributed by atoms with Crippen molar-refractivity contribution < 1.29 is 14.6 Å². The number of carbonyl (C=O) groups is 1. The topological polar surface area (TPSA) is 49.8 Å². The zero-order chi connectivity index (χ0) is 13.3. The highest BCUT2D eigenvalue weighted by Crippen LogP contribution is 2.58. The Kier molecular flexibility index (Phi) is 3.19. The molecule has 2 aliphatic rings. The number of likely N-dealkylation sites (tertiary alicyclic amines) is 1. The Balaban J connectivity index is 1.50. The van der Waals surface area contributed by atoms with Crippen LogP contribution in [0, 0.1) is 11.3 Å². The van der Waals surface area contributed by atoms with Gasteiger partial charge in [-0.1, -0.05) is 30.3 Å². The van der Waals surface area contributed by atoms with Crippen LogP contribution >= 0.6 is 0 Å². The van der Waals surface area contributed by atoms with Crippen molar-refractivity contribution >= 4 is 6.09 Å². The molecule has 0 aromatic heterocycles. The van der Waals surface area contributed by atoms with Crippen LogP contribution in [0.5, 0.6) is 0 Å². The third-order valence-electron chi connectivity index (χ3n) is 4.43. The fraction of sp³-hybridized carbons (Fsp3) is 0.533. The SMILES string of the molecule is O=C(OCc1ccccc1)N1CC[C@@]2(C[C@@H]2CO)C1. The number of benzene rings is 1. The van der Waals surface area contributed by atoms with Crippen molar-refractivity contribution in [1.29, 1.82) is 0 Å². The molecule has 1 N–H and O–H groups in total. The lowest BCUT2D eigenvalue weighted by Crippen LogP contribution is -2.29. The van der Waals surface area contributed by atoms with Crippen LogP contribution in [0.3, 0.4) is 0 Å². The minimum absolute atomic E-state index is 0.195. The molecular formula is C15H19NO3. The van der Waals surface area contributed by atoms with Crippen molar-refractivity contribution in [2.75, 3.05) is 19.7 Å². The molecule has 102 valence electrons. The summed E-state index contributed by atoms with van der Waals surface area (Å²) in [7, 11) is 0. The van der Waals surface area contributed by atoms with E-state index in [0.29, 0.717) is 12.5 Å². The summed E-state index contributed by atoms with van der Waals surface area (Å²) in [6.45, 7) is 2.06. The predicted molar refractivity (Wildman–Crippen MR) is 70.4 cm³/mol. The van der Waals surface area contributed by atoms with Crippen LogP contribution in [0.4, 0.5) is 4.79 Å². The molecule has 0 unspecified atom stereocenters. The number of nitrogens with zero attached hydrogens (tertiary/aromatic N) is 1. The predicted octanol–water partition coefficient (Wildman–Crippen LogP) is 2.03. The number of ether oxygens (including phenoxy) is 1. The molecule has 0 bridgehead atoms. The molecule has 1 saturated carbocycles. The summed E-state index contributed by atoms with van der Waals surface area (Å²) in [5.74, 6) is 0.388. The van der Waals surface area contributed by atoms with Crippen LogP contribution in [0.15, 0.2) is 30.3 Å². The van der Waals surface area contributed by atoms with Gasteiger partial charge in [-0.2, -0.15) is 0 Å². The zero-order valence-corrected chi connectivity index (χ0v) is 10.9. The Labute approximate surface area is 113 Å². The third-order valence-corrected chi connectivity index (χ3v) is 4.43. The second-order valence-corrected chi connectivity index (χ2v) is 5.66. The maximum absolute atomic E-state index is 12.0. The number of carbonyl (C=O) groups excluding carboxylic acids is 1. The van der Waals surface area contributed by atoms with E-state index in [-0.39, 0.29) is 18.1 Å². The summed E-state index contributed by atoms with van der Waals surface area (Å²) >= 11 is 0. The number of aliphatic hydroxyl groups is 1. The van der Waals surface area contributed by atoms with Gasteiger partial charge < -0.3 is 14.7 Å². The molecule has 19 heavy (non-hydrogen) atoms. The molecule has 4 nitrogen and oxygen atoms in total. The number of hydrogen-bond acceptors (Lipinski definition) is 3. The molecule has 1 spiro atoms. The van der Waals surface area contributed by atoms with Gasteiger partial charge in [-0.15, -0.1) is 0 Å². The van der Waals surface area contributed by atoms with Crippen LogP contribution in [0.25, 0.3) is 0 Å². The number of amides is 1. The van der Waals surface area contributed by atoms with Gasteiger partial charge in [-0.05, 0) is 29.7 Å². The van der Waals surface area contributed by atoms with Crippen molar-refractivity contribution in [3.05, 3.63) is 35.9 Å². The van der Waals surface area contributed by atoms with Crippen LogP contribution < -0.4 is 0 Å². The molecule has 1 saturated heterocycles. The van der Waals surface area contributed by atoms with Crippen LogP contribution in [-0.2, 0) is 11.3 Å². The van der Waals surface area contributed by atoms with Gasteiger partial charge in [0.05, 0.1) is 0 Å². The summed E-state index contributed by atoms with van der Waals surface area (Å²) in [5, 5.41) is 9.17.